The van der Waals surface area contributed by atoms with Crippen molar-refractivity contribution >= 4 is 6.03 Å². The van der Waals surface area contributed by atoms with E-state index in [1.807, 2.05) is 42.1 Å². The maximum Gasteiger partial charge on any atom is 0.315 e. The summed E-state index contributed by atoms with van der Waals surface area (Å²) < 4.78 is 7.33. The van der Waals surface area contributed by atoms with Crippen LogP contribution in [0, 0.1) is 0 Å². The number of aryl methyl sites for hydroxylation is 1. The van der Waals surface area contributed by atoms with Crippen molar-refractivity contribution in [1.29, 1.82) is 0 Å². The second-order valence-corrected chi connectivity index (χ2v) is 5.33. The lowest BCUT2D eigenvalue weighted by Gasteiger charge is -2.21. The smallest absolute Gasteiger partial charge is 0.315 e. The summed E-state index contributed by atoms with van der Waals surface area (Å²) in [6.45, 7) is 2.74. The number of aromatic nitrogens is 2. The molecule has 1 heterocycles. The summed E-state index contributed by atoms with van der Waals surface area (Å²) in [7, 11) is 3.52. The molecule has 1 aromatic heterocycles. The van der Waals surface area contributed by atoms with E-state index in [0.717, 1.165) is 24.2 Å². The number of unbranched alkanes of at least 4 members (excludes halogenated alkanes) is 1. The van der Waals surface area contributed by atoms with Crippen LogP contribution in [0.5, 0.6) is 5.75 Å². The highest BCUT2D eigenvalue weighted by atomic mass is 16.5. The number of hydrogen-bond acceptors (Lipinski definition) is 3. The van der Waals surface area contributed by atoms with Crippen molar-refractivity contribution in [1.82, 2.24) is 20.2 Å². The highest BCUT2D eigenvalue weighted by molar-refractivity contribution is 5.75. The van der Waals surface area contributed by atoms with Crippen LogP contribution in [0.3, 0.4) is 0 Å². The van der Waals surface area contributed by atoms with Crippen LogP contribution < -0.4 is 15.4 Å². The molecule has 0 unspecified atom stereocenters. The number of benzene rings is 1. The van der Waals surface area contributed by atoms with Crippen LogP contribution in [0.4, 0.5) is 4.79 Å². The lowest BCUT2D eigenvalue weighted by Crippen LogP contribution is -2.39. The number of nitrogens with zero attached hydrogens (tertiary/aromatic N) is 2. The van der Waals surface area contributed by atoms with E-state index in [0.29, 0.717) is 12.3 Å². The number of urea groups is 1. The molecule has 0 fully saturated rings. The second kappa shape index (κ2) is 8.22. The number of methoxy groups -OCH3 is 1. The summed E-state index contributed by atoms with van der Waals surface area (Å²) in [6.07, 6.45) is 5.56. The van der Waals surface area contributed by atoms with Crippen LogP contribution in [0.1, 0.15) is 37.2 Å². The molecule has 2 rings (SSSR count). The first-order valence-corrected chi connectivity index (χ1v) is 7.81. The molecule has 0 aliphatic heterocycles. The van der Waals surface area contributed by atoms with Crippen LogP contribution in [0.15, 0.2) is 36.7 Å². The van der Waals surface area contributed by atoms with E-state index in [1.165, 1.54) is 0 Å². The molecule has 2 N–H and O–H groups in total. The number of amides is 2. The molecule has 23 heavy (non-hydrogen) atoms. The van der Waals surface area contributed by atoms with E-state index in [1.54, 1.807) is 13.3 Å². The van der Waals surface area contributed by atoms with Crippen molar-refractivity contribution < 1.29 is 9.53 Å². The Kier molecular flexibility index (Phi) is 6.02. The fourth-order valence-electron chi connectivity index (χ4n) is 2.40. The quantitative estimate of drug-likeness (QED) is 0.772. The van der Waals surface area contributed by atoms with Gasteiger partial charge in [0.1, 0.15) is 17.6 Å². The maximum absolute atomic E-state index is 12.2. The molecule has 0 bridgehead atoms. The van der Waals surface area contributed by atoms with Gasteiger partial charge >= 0.3 is 6.03 Å². The lowest BCUT2D eigenvalue weighted by molar-refractivity contribution is 0.237. The van der Waals surface area contributed by atoms with Gasteiger partial charge in [-0.15, -0.1) is 0 Å². The Bertz CT molecular complexity index is 639. The lowest BCUT2D eigenvalue weighted by atomic mass is 10.0. The van der Waals surface area contributed by atoms with Gasteiger partial charge in [-0.2, -0.15) is 0 Å². The molecule has 0 radical (unpaired) electrons. The first-order valence-electron chi connectivity index (χ1n) is 7.81. The Balaban J connectivity index is 2.26. The van der Waals surface area contributed by atoms with E-state index in [4.69, 9.17) is 4.74 Å². The largest absolute Gasteiger partial charge is 0.496 e. The average Bonchev–Trinajstić information content (AvgIpc) is 2.99. The Morgan fingerprint density at radius 1 is 1.39 bits per heavy atom. The minimum atomic E-state index is -0.382. The summed E-state index contributed by atoms with van der Waals surface area (Å²) in [4.78, 5) is 16.6. The third kappa shape index (κ3) is 4.25. The molecule has 124 valence electrons. The third-order valence-electron chi connectivity index (χ3n) is 3.66. The zero-order chi connectivity index (χ0) is 16.7. The fourth-order valence-corrected chi connectivity index (χ4v) is 2.40. The number of nitrogens with one attached hydrogen (secondary N) is 2. The van der Waals surface area contributed by atoms with E-state index in [2.05, 4.69) is 22.5 Å². The molecule has 0 saturated carbocycles. The van der Waals surface area contributed by atoms with Crippen LogP contribution >= 0.6 is 0 Å². The number of rotatable bonds is 7. The number of ether oxygens (including phenoxy) is 1. The van der Waals surface area contributed by atoms with Crippen molar-refractivity contribution in [2.45, 2.75) is 25.8 Å². The average molecular weight is 316 g/mol. The number of carbonyl (C=O) groups is 1. The minimum absolute atomic E-state index is 0.211. The minimum Gasteiger partial charge on any atom is -0.496 e. The molecule has 0 spiro atoms. The standard InChI is InChI=1S/C17H24N4O2/c1-4-5-10-19-17(22)20-15(16-18-11-12-21(16)2)13-8-6-7-9-14(13)23-3/h6-9,11-12,15H,4-5,10H2,1-3H3,(H2,19,20,22)/t15-/m1/s1. The number of imidazole rings is 1. The normalized spacial score (nSPS) is 11.8. The molecule has 6 heteroatoms. The van der Waals surface area contributed by atoms with Crippen LogP contribution in [-0.4, -0.2) is 29.2 Å². The summed E-state index contributed by atoms with van der Waals surface area (Å²) in [5.74, 6) is 1.47. The number of para-hydroxylation sites is 1. The Morgan fingerprint density at radius 3 is 2.83 bits per heavy atom. The van der Waals surface area contributed by atoms with Crippen LogP contribution in [-0.2, 0) is 7.05 Å². The molecular weight excluding hydrogens is 292 g/mol. The van der Waals surface area contributed by atoms with Crippen molar-refractivity contribution in [3.05, 3.63) is 48.0 Å². The van der Waals surface area contributed by atoms with E-state index in [9.17, 15) is 4.79 Å². The molecule has 0 saturated heterocycles. The van der Waals surface area contributed by atoms with Crippen molar-refractivity contribution in [2.75, 3.05) is 13.7 Å². The zero-order valence-electron chi connectivity index (χ0n) is 13.9. The topological polar surface area (TPSA) is 68.2 Å². The molecule has 2 amide bonds. The first kappa shape index (κ1) is 16.9. The van der Waals surface area contributed by atoms with Gasteiger partial charge in [0.05, 0.1) is 7.11 Å². The van der Waals surface area contributed by atoms with E-state index < -0.39 is 0 Å². The molecular formula is C17H24N4O2. The van der Waals surface area contributed by atoms with Gasteiger partial charge in [-0.05, 0) is 12.5 Å². The van der Waals surface area contributed by atoms with Gasteiger partial charge in [-0.3, -0.25) is 0 Å². The summed E-state index contributed by atoms with van der Waals surface area (Å²) >= 11 is 0. The van der Waals surface area contributed by atoms with Crippen LogP contribution in [0.25, 0.3) is 0 Å². The second-order valence-electron chi connectivity index (χ2n) is 5.33. The van der Waals surface area contributed by atoms with Gasteiger partial charge in [-0.25, -0.2) is 9.78 Å². The monoisotopic (exact) mass is 316 g/mol. The predicted octanol–water partition coefficient (Wildman–Crippen LogP) is 2.62. The first-order chi connectivity index (χ1) is 11.2. The van der Waals surface area contributed by atoms with Crippen molar-refractivity contribution in [3.8, 4) is 5.75 Å². The summed E-state index contributed by atoms with van der Waals surface area (Å²) in [5.41, 5.74) is 0.870. The molecule has 2 aromatic rings. The fraction of sp³-hybridized carbons (Fsp3) is 0.412. The maximum atomic E-state index is 12.2. The van der Waals surface area contributed by atoms with Gasteiger partial charge in [-0.1, -0.05) is 31.5 Å². The highest BCUT2D eigenvalue weighted by Gasteiger charge is 2.23. The zero-order valence-corrected chi connectivity index (χ0v) is 13.9. The Morgan fingerprint density at radius 2 is 2.17 bits per heavy atom. The van der Waals surface area contributed by atoms with Gasteiger partial charge < -0.3 is 19.9 Å². The third-order valence-corrected chi connectivity index (χ3v) is 3.66. The molecule has 6 nitrogen and oxygen atoms in total. The van der Waals surface area contributed by atoms with E-state index >= 15 is 0 Å². The van der Waals surface area contributed by atoms with Gasteiger partial charge in [0.15, 0.2) is 0 Å². The Labute approximate surface area is 136 Å². The number of hydrogen-bond donors (Lipinski definition) is 2. The van der Waals surface area contributed by atoms with Gasteiger partial charge in [0, 0.05) is 31.5 Å². The van der Waals surface area contributed by atoms with Gasteiger partial charge in [0.25, 0.3) is 0 Å². The SMILES string of the molecule is CCCCNC(=O)N[C@H](c1ccccc1OC)c1nccn1C. The Hall–Kier alpha value is -2.50. The van der Waals surface area contributed by atoms with Crippen molar-refractivity contribution in [2.24, 2.45) is 7.05 Å². The van der Waals surface area contributed by atoms with Crippen molar-refractivity contribution in [3.63, 3.8) is 0 Å². The predicted molar refractivity (Wildman–Crippen MR) is 89.5 cm³/mol. The molecule has 0 aliphatic carbocycles. The van der Waals surface area contributed by atoms with E-state index in [-0.39, 0.29) is 12.1 Å². The van der Waals surface area contributed by atoms with Crippen LogP contribution in [0.2, 0.25) is 0 Å². The van der Waals surface area contributed by atoms with Gasteiger partial charge in [0.2, 0.25) is 0 Å². The molecule has 0 aliphatic rings. The number of carbonyl (C=O) groups excluding carboxylic acids is 1. The summed E-state index contributed by atoms with van der Waals surface area (Å²) in [6, 6.07) is 7.04. The summed E-state index contributed by atoms with van der Waals surface area (Å²) in [5, 5.41) is 5.87. The molecule has 1 aromatic carbocycles. The highest BCUT2D eigenvalue weighted by Crippen LogP contribution is 2.28. The molecule has 1 atom stereocenters.